The van der Waals surface area contributed by atoms with Crippen molar-refractivity contribution in [3.63, 3.8) is 0 Å². The lowest BCUT2D eigenvalue weighted by Crippen LogP contribution is -2.40. The van der Waals surface area contributed by atoms with Gasteiger partial charge in [-0.15, -0.1) is 0 Å². The van der Waals surface area contributed by atoms with Crippen molar-refractivity contribution in [3.05, 3.63) is 18.7 Å². The van der Waals surface area contributed by atoms with E-state index in [-0.39, 0.29) is 0 Å². The molecule has 4 heteroatoms. The highest BCUT2D eigenvalue weighted by molar-refractivity contribution is 4.83. The molecule has 0 radical (unpaired) electrons. The quantitative estimate of drug-likeness (QED) is 0.812. The average molecular weight is 262 g/mol. The molecule has 2 fully saturated rings. The lowest BCUT2D eigenvalue weighted by molar-refractivity contribution is 0.168. The van der Waals surface area contributed by atoms with Crippen LogP contribution >= 0.6 is 0 Å². The molecule has 1 aromatic heterocycles. The summed E-state index contributed by atoms with van der Waals surface area (Å²) in [6.07, 6.45) is 12.7. The van der Waals surface area contributed by atoms with Gasteiger partial charge in [0.05, 0.1) is 6.33 Å². The highest BCUT2D eigenvalue weighted by Gasteiger charge is 2.24. The van der Waals surface area contributed by atoms with Crippen LogP contribution in [-0.4, -0.2) is 46.7 Å². The number of nitrogens with one attached hydrogen (secondary N) is 1. The molecule has 1 saturated carbocycles. The minimum atomic E-state index is 0.858. The first-order chi connectivity index (χ1) is 9.40. The van der Waals surface area contributed by atoms with Crippen LogP contribution in [0.5, 0.6) is 0 Å². The summed E-state index contributed by atoms with van der Waals surface area (Å²) in [6, 6.07) is 0.858. The van der Waals surface area contributed by atoms with Crippen molar-refractivity contribution >= 4 is 0 Å². The van der Waals surface area contributed by atoms with E-state index in [0.717, 1.165) is 18.5 Å². The van der Waals surface area contributed by atoms with Crippen molar-refractivity contribution in [2.75, 3.05) is 26.2 Å². The number of likely N-dealkylation sites (tertiary alicyclic amines) is 1. The Hall–Kier alpha value is -0.870. The number of rotatable bonds is 7. The Balaban J connectivity index is 1.33. The largest absolute Gasteiger partial charge is 0.337 e. The van der Waals surface area contributed by atoms with Gasteiger partial charge in [-0.2, -0.15) is 0 Å². The molecular weight excluding hydrogens is 236 g/mol. The van der Waals surface area contributed by atoms with Crippen LogP contribution in [0.4, 0.5) is 0 Å². The predicted molar refractivity (Wildman–Crippen MR) is 77.0 cm³/mol. The fraction of sp³-hybridized carbons (Fsp3) is 0.800. The number of hydrogen-bond donors (Lipinski definition) is 1. The second-order valence-corrected chi connectivity index (χ2v) is 6.15. The van der Waals surface area contributed by atoms with Gasteiger partial charge < -0.3 is 14.8 Å². The zero-order valence-corrected chi connectivity index (χ0v) is 11.8. The lowest BCUT2D eigenvalue weighted by Gasteiger charge is -2.33. The summed E-state index contributed by atoms with van der Waals surface area (Å²) in [4.78, 5) is 6.74. The Kier molecular flexibility index (Phi) is 4.51. The van der Waals surface area contributed by atoms with Crippen molar-refractivity contribution in [2.45, 2.75) is 44.7 Å². The predicted octanol–water partition coefficient (Wildman–Crippen LogP) is 1.74. The monoisotopic (exact) mass is 262 g/mol. The summed E-state index contributed by atoms with van der Waals surface area (Å²) < 4.78 is 2.18. The molecule has 0 amide bonds. The average Bonchev–Trinajstić information content (AvgIpc) is 3.13. The Morgan fingerprint density at radius 1 is 1.21 bits per heavy atom. The normalized spacial score (nSPS) is 24.7. The summed E-state index contributed by atoms with van der Waals surface area (Å²) in [5.41, 5.74) is 0. The Labute approximate surface area is 116 Å². The Bertz CT molecular complexity index is 358. The lowest BCUT2D eigenvalue weighted by atomic mass is 9.98. The van der Waals surface area contributed by atoms with Gasteiger partial charge in [-0.1, -0.05) is 0 Å². The van der Waals surface area contributed by atoms with Gasteiger partial charge in [-0.25, -0.2) is 4.98 Å². The Morgan fingerprint density at radius 3 is 2.95 bits per heavy atom. The highest BCUT2D eigenvalue weighted by atomic mass is 15.1. The SMILES string of the molecule is c1cn(CCCN2CCCC(CNC3CC3)C2)cn1. The van der Waals surface area contributed by atoms with Crippen LogP contribution in [0.25, 0.3) is 0 Å². The van der Waals surface area contributed by atoms with Gasteiger partial charge in [0.2, 0.25) is 0 Å². The van der Waals surface area contributed by atoms with Crippen molar-refractivity contribution in [2.24, 2.45) is 5.92 Å². The van der Waals surface area contributed by atoms with E-state index in [1.807, 2.05) is 12.5 Å². The molecule has 0 bridgehead atoms. The molecule has 4 nitrogen and oxygen atoms in total. The maximum atomic E-state index is 4.09. The summed E-state index contributed by atoms with van der Waals surface area (Å²) in [7, 11) is 0. The van der Waals surface area contributed by atoms with Crippen LogP contribution in [0.2, 0.25) is 0 Å². The fourth-order valence-electron chi connectivity index (χ4n) is 3.04. The van der Waals surface area contributed by atoms with Crippen LogP contribution < -0.4 is 5.32 Å². The molecular formula is C15H26N4. The minimum absolute atomic E-state index is 0.858. The van der Waals surface area contributed by atoms with E-state index in [1.54, 1.807) is 0 Å². The van der Waals surface area contributed by atoms with Gasteiger partial charge in [0.1, 0.15) is 0 Å². The first-order valence-electron chi connectivity index (χ1n) is 7.81. The van der Waals surface area contributed by atoms with E-state index < -0.39 is 0 Å². The molecule has 106 valence electrons. The topological polar surface area (TPSA) is 33.1 Å². The van der Waals surface area contributed by atoms with Gasteiger partial charge in [0.25, 0.3) is 0 Å². The van der Waals surface area contributed by atoms with Crippen molar-refractivity contribution in [1.82, 2.24) is 19.8 Å². The maximum absolute atomic E-state index is 4.09. The van der Waals surface area contributed by atoms with Gasteiger partial charge in [-0.05, 0) is 57.7 Å². The number of hydrogen-bond acceptors (Lipinski definition) is 3. The number of aromatic nitrogens is 2. The zero-order chi connectivity index (χ0) is 12.9. The van der Waals surface area contributed by atoms with E-state index in [9.17, 15) is 0 Å². The standard InChI is InChI=1S/C15H26N4/c1-3-14(11-17-15-4-5-15)12-18(7-1)8-2-9-19-10-6-16-13-19/h6,10,13-15,17H,1-5,7-9,11-12H2. The molecule has 2 heterocycles. The van der Waals surface area contributed by atoms with Crippen LogP contribution in [0.15, 0.2) is 18.7 Å². The van der Waals surface area contributed by atoms with Crippen molar-refractivity contribution < 1.29 is 0 Å². The van der Waals surface area contributed by atoms with E-state index in [2.05, 4.69) is 26.0 Å². The second-order valence-electron chi connectivity index (χ2n) is 6.15. The molecule has 1 atom stereocenters. The first kappa shape index (κ1) is 13.1. The van der Waals surface area contributed by atoms with Crippen LogP contribution in [-0.2, 0) is 6.54 Å². The first-order valence-corrected chi connectivity index (χ1v) is 7.81. The van der Waals surface area contributed by atoms with Crippen LogP contribution in [0.3, 0.4) is 0 Å². The molecule has 2 aliphatic rings. The molecule has 1 aromatic rings. The summed E-state index contributed by atoms with van der Waals surface area (Å²) in [5, 5.41) is 3.69. The number of nitrogens with zero attached hydrogens (tertiary/aromatic N) is 3. The molecule has 1 aliphatic heterocycles. The smallest absolute Gasteiger partial charge is 0.0945 e. The molecule has 19 heavy (non-hydrogen) atoms. The van der Waals surface area contributed by atoms with E-state index in [1.165, 1.54) is 58.3 Å². The molecule has 3 rings (SSSR count). The molecule has 0 spiro atoms. The van der Waals surface area contributed by atoms with Gasteiger partial charge in [0, 0.05) is 31.5 Å². The molecule has 1 unspecified atom stereocenters. The third-order valence-corrected chi connectivity index (χ3v) is 4.33. The Morgan fingerprint density at radius 2 is 2.16 bits per heavy atom. The summed E-state index contributed by atoms with van der Waals surface area (Å²) in [5.74, 6) is 0.877. The van der Waals surface area contributed by atoms with E-state index in [4.69, 9.17) is 0 Å². The molecule has 0 aromatic carbocycles. The third-order valence-electron chi connectivity index (χ3n) is 4.33. The number of aryl methyl sites for hydroxylation is 1. The van der Waals surface area contributed by atoms with E-state index in [0.29, 0.717) is 0 Å². The number of imidazole rings is 1. The molecule has 1 saturated heterocycles. The number of piperidine rings is 1. The van der Waals surface area contributed by atoms with Crippen molar-refractivity contribution in [1.29, 1.82) is 0 Å². The third kappa shape index (κ3) is 4.32. The minimum Gasteiger partial charge on any atom is -0.337 e. The van der Waals surface area contributed by atoms with Gasteiger partial charge >= 0.3 is 0 Å². The summed E-state index contributed by atoms with van der Waals surface area (Å²) in [6.45, 7) is 6.16. The summed E-state index contributed by atoms with van der Waals surface area (Å²) >= 11 is 0. The van der Waals surface area contributed by atoms with Crippen molar-refractivity contribution in [3.8, 4) is 0 Å². The van der Waals surface area contributed by atoms with Crippen LogP contribution in [0, 0.1) is 5.92 Å². The van der Waals surface area contributed by atoms with Gasteiger partial charge in [-0.3, -0.25) is 0 Å². The molecule has 1 N–H and O–H groups in total. The highest BCUT2D eigenvalue weighted by Crippen LogP contribution is 2.21. The maximum Gasteiger partial charge on any atom is 0.0945 e. The zero-order valence-electron chi connectivity index (χ0n) is 11.8. The second kappa shape index (κ2) is 6.53. The van der Waals surface area contributed by atoms with Crippen LogP contribution in [0.1, 0.15) is 32.1 Å². The molecule has 1 aliphatic carbocycles. The van der Waals surface area contributed by atoms with Gasteiger partial charge in [0.15, 0.2) is 0 Å². The van der Waals surface area contributed by atoms with E-state index >= 15 is 0 Å². The fourth-order valence-corrected chi connectivity index (χ4v) is 3.04.